The van der Waals surface area contributed by atoms with Crippen LogP contribution in [0.5, 0.6) is 5.75 Å². The number of nitro benzene ring substituents is 1. The van der Waals surface area contributed by atoms with Crippen molar-refractivity contribution in [3.63, 3.8) is 0 Å². The quantitative estimate of drug-likeness (QED) is 0.643. The van der Waals surface area contributed by atoms with Crippen LogP contribution in [0.3, 0.4) is 0 Å². The second-order valence-corrected chi connectivity index (χ2v) is 4.67. The Morgan fingerprint density at radius 2 is 2.17 bits per heavy atom. The summed E-state index contributed by atoms with van der Waals surface area (Å²) < 4.78 is 5.18. The molecule has 0 radical (unpaired) electrons. The lowest BCUT2D eigenvalue weighted by atomic mass is 10.1. The third-order valence-corrected chi connectivity index (χ3v) is 3.45. The molecule has 5 heteroatoms. The van der Waals surface area contributed by atoms with Gasteiger partial charge in [0.1, 0.15) is 5.75 Å². The summed E-state index contributed by atoms with van der Waals surface area (Å²) in [6, 6.07) is 4.67. The zero-order valence-electron chi connectivity index (χ0n) is 10.5. The van der Waals surface area contributed by atoms with Gasteiger partial charge in [0, 0.05) is 12.6 Å². The SMILES string of the molecule is COc1cc([N+](=O)[O-])ccc1NCC1CCCC1. The number of anilines is 1. The Hall–Kier alpha value is -1.78. The lowest BCUT2D eigenvalue weighted by Gasteiger charge is -2.14. The van der Waals surface area contributed by atoms with Gasteiger partial charge in [-0.15, -0.1) is 0 Å². The van der Waals surface area contributed by atoms with E-state index in [1.807, 2.05) is 0 Å². The fraction of sp³-hybridized carbons (Fsp3) is 0.538. The lowest BCUT2D eigenvalue weighted by molar-refractivity contribution is -0.384. The molecule has 0 atom stereocenters. The minimum atomic E-state index is -0.413. The summed E-state index contributed by atoms with van der Waals surface area (Å²) in [6.45, 7) is 0.911. The molecule has 0 unspecified atom stereocenters. The van der Waals surface area contributed by atoms with Crippen LogP contribution in [0.1, 0.15) is 25.7 Å². The molecule has 1 aromatic carbocycles. The molecule has 1 aliphatic carbocycles. The van der Waals surface area contributed by atoms with Crippen LogP contribution in [0.15, 0.2) is 18.2 Å². The number of nitro groups is 1. The van der Waals surface area contributed by atoms with E-state index in [9.17, 15) is 10.1 Å². The molecule has 0 aliphatic heterocycles. The highest BCUT2D eigenvalue weighted by molar-refractivity contribution is 5.60. The highest BCUT2D eigenvalue weighted by Gasteiger charge is 2.16. The molecular formula is C13H18N2O3. The van der Waals surface area contributed by atoms with E-state index in [-0.39, 0.29) is 5.69 Å². The smallest absolute Gasteiger partial charge is 0.273 e. The number of hydrogen-bond donors (Lipinski definition) is 1. The van der Waals surface area contributed by atoms with Gasteiger partial charge in [-0.05, 0) is 24.8 Å². The van der Waals surface area contributed by atoms with Crippen LogP contribution >= 0.6 is 0 Å². The second-order valence-electron chi connectivity index (χ2n) is 4.67. The van der Waals surface area contributed by atoms with Crippen molar-refractivity contribution in [2.24, 2.45) is 5.92 Å². The first-order chi connectivity index (χ1) is 8.70. The molecule has 2 rings (SSSR count). The molecule has 5 nitrogen and oxygen atoms in total. The van der Waals surface area contributed by atoms with Gasteiger partial charge in [0.05, 0.1) is 23.8 Å². The Morgan fingerprint density at radius 3 is 2.78 bits per heavy atom. The van der Waals surface area contributed by atoms with Crippen molar-refractivity contribution < 1.29 is 9.66 Å². The molecule has 0 aromatic heterocycles. The van der Waals surface area contributed by atoms with Crippen LogP contribution in [0.2, 0.25) is 0 Å². The van der Waals surface area contributed by atoms with Gasteiger partial charge in [-0.3, -0.25) is 10.1 Å². The third-order valence-electron chi connectivity index (χ3n) is 3.45. The Bertz CT molecular complexity index is 428. The summed E-state index contributed by atoms with van der Waals surface area (Å²) in [5.74, 6) is 1.24. The summed E-state index contributed by atoms with van der Waals surface area (Å²) in [5.41, 5.74) is 0.883. The fourth-order valence-electron chi connectivity index (χ4n) is 2.41. The number of benzene rings is 1. The topological polar surface area (TPSA) is 64.4 Å². The predicted molar refractivity (Wildman–Crippen MR) is 70.1 cm³/mol. The van der Waals surface area contributed by atoms with Gasteiger partial charge in [-0.25, -0.2) is 0 Å². The highest BCUT2D eigenvalue weighted by atomic mass is 16.6. The van der Waals surface area contributed by atoms with E-state index in [1.54, 1.807) is 6.07 Å². The van der Waals surface area contributed by atoms with Gasteiger partial charge in [-0.2, -0.15) is 0 Å². The van der Waals surface area contributed by atoms with Crippen molar-refractivity contribution >= 4 is 11.4 Å². The van der Waals surface area contributed by atoms with Gasteiger partial charge >= 0.3 is 0 Å². The summed E-state index contributed by atoms with van der Waals surface area (Å²) in [6.07, 6.45) is 5.15. The summed E-state index contributed by atoms with van der Waals surface area (Å²) in [5, 5.41) is 14.0. The van der Waals surface area contributed by atoms with Crippen molar-refractivity contribution in [2.75, 3.05) is 19.0 Å². The molecule has 0 amide bonds. The summed E-state index contributed by atoms with van der Waals surface area (Å²) in [4.78, 5) is 10.3. The Balaban J connectivity index is 2.04. The molecule has 0 saturated heterocycles. The predicted octanol–water partition coefficient (Wildman–Crippen LogP) is 3.21. The minimum Gasteiger partial charge on any atom is -0.494 e. The average molecular weight is 250 g/mol. The van der Waals surface area contributed by atoms with Gasteiger partial charge in [0.15, 0.2) is 0 Å². The standard InChI is InChI=1S/C13H18N2O3/c1-18-13-8-11(15(16)17)6-7-12(13)14-9-10-4-2-3-5-10/h6-8,10,14H,2-5,9H2,1H3. The first-order valence-corrected chi connectivity index (χ1v) is 6.27. The summed E-state index contributed by atoms with van der Waals surface area (Å²) >= 11 is 0. The normalized spacial score (nSPS) is 15.6. The van der Waals surface area contributed by atoms with Gasteiger partial charge in [0.2, 0.25) is 0 Å². The second kappa shape index (κ2) is 5.71. The molecule has 98 valence electrons. The van der Waals surface area contributed by atoms with Crippen LogP contribution in [0.4, 0.5) is 11.4 Å². The number of non-ortho nitro benzene ring substituents is 1. The van der Waals surface area contributed by atoms with Crippen molar-refractivity contribution in [2.45, 2.75) is 25.7 Å². The highest BCUT2D eigenvalue weighted by Crippen LogP contribution is 2.30. The van der Waals surface area contributed by atoms with Crippen LogP contribution in [-0.4, -0.2) is 18.6 Å². The van der Waals surface area contributed by atoms with Gasteiger partial charge in [0.25, 0.3) is 5.69 Å². The van der Waals surface area contributed by atoms with Crippen LogP contribution in [0.25, 0.3) is 0 Å². The molecule has 18 heavy (non-hydrogen) atoms. The van der Waals surface area contributed by atoms with Crippen molar-refractivity contribution in [3.05, 3.63) is 28.3 Å². The van der Waals surface area contributed by atoms with Crippen LogP contribution < -0.4 is 10.1 Å². The molecule has 0 heterocycles. The van der Waals surface area contributed by atoms with Gasteiger partial charge < -0.3 is 10.1 Å². The maximum atomic E-state index is 10.7. The minimum absolute atomic E-state index is 0.0540. The molecule has 0 bridgehead atoms. The van der Waals surface area contributed by atoms with E-state index < -0.39 is 4.92 Å². The zero-order chi connectivity index (χ0) is 13.0. The molecule has 0 spiro atoms. The van der Waals surface area contributed by atoms with E-state index in [2.05, 4.69) is 5.32 Å². The number of nitrogens with zero attached hydrogens (tertiary/aromatic N) is 1. The number of nitrogens with one attached hydrogen (secondary N) is 1. The molecule has 1 N–H and O–H groups in total. The Morgan fingerprint density at radius 1 is 1.44 bits per heavy atom. The number of ether oxygens (including phenoxy) is 1. The Kier molecular flexibility index (Phi) is 4.02. The van der Waals surface area contributed by atoms with Crippen LogP contribution in [-0.2, 0) is 0 Å². The monoisotopic (exact) mass is 250 g/mol. The molecule has 1 aliphatic rings. The van der Waals surface area contributed by atoms with Crippen molar-refractivity contribution in [1.82, 2.24) is 0 Å². The average Bonchev–Trinajstić information content (AvgIpc) is 2.89. The van der Waals surface area contributed by atoms with Crippen molar-refractivity contribution in [1.29, 1.82) is 0 Å². The number of methoxy groups -OCH3 is 1. The van der Waals surface area contributed by atoms with E-state index in [4.69, 9.17) is 4.74 Å². The van der Waals surface area contributed by atoms with E-state index >= 15 is 0 Å². The number of rotatable bonds is 5. The van der Waals surface area contributed by atoms with Gasteiger partial charge in [-0.1, -0.05) is 12.8 Å². The molecular weight excluding hydrogens is 232 g/mol. The first kappa shape index (κ1) is 12.7. The lowest BCUT2D eigenvalue weighted by Crippen LogP contribution is -2.11. The zero-order valence-corrected chi connectivity index (χ0v) is 10.5. The molecule has 1 saturated carbocycles. The molecule has 1 fully saturated rings. The van der Waals surface area contributed by atoms with E-state index in [1.165, 1.54) is 44.9 Å². The van der Waals surface area contributed by atoms with E-state index in [0.717, 1.165) is 12.2 Å². The summed E-state index contributed by atoms with van der Waals surface area (Å²) in [7, 11) is 1.53. The maximum Gasteiger partial charge on any atom is 0.273 e. The maximum absolute atomic E-state index is 10.7. The third kappa shape index (κ3) is 2.91. The Labute approximate surface area is 106 Å². The largest absolute Gasteiger partial charge is 0.494 e. The first-order valence-electron chi connectivity index (χ1n) is 6.27. The fourth-order valence-corrected chi connectivity index (χ4v) is 2.41. The number of hydrogen-bond acceptors (Lipinski definition) is 4. The van der Waals surface area contributed by atoms with Crippen molar-refractivity contribution in [3.8, 4) is 5.75 Å². The van der Waals surface area contributed by atoms with Crippen LogP contribution in [0, 0.1) is 16.0 Å². The van der Waals surface area contributed by atoms with E-state index in [0.29, 0.717) is 11.7 Å². The molecule has 1 aromatic rings.